The largest absolute Gasteiger partial charge is 0.491 e. The molecule has 1 aromatic carbocycles. The maximum Gasteiger partial charge on any atom is 0.144 e. The van der Waals surface area contributed by atoms with E-state index >= 15 is 0 Å². The minimum absolute atomic E-state index is 0.660. The summed E-state index contributed by atoms with van der Waals surface area (Å²) in [5.74, 6) is 0.739. The number of anilines is 2. The number of aromatic nitrogens is 1. The predicted octanol–water partition coefficient (Wildman–Crippen LogP) is 3.37. The molecule has 0 aliphatic carbocycles. The van der Waals surface area contributed by atoms with E-state index in [4.69, 9.17) is 10.5 Å². The van der Waals surface area contributed by atoms with Crippen LogP contribution in [0.4, 0.5) is 11.4 Å². The molecule has 106 valence electrons. The number of hydrogen-bond donors (Lipinski definition) is 2. The first-order valence-electron chi connectivity index (χ1n) is 6.87. The second kappa shape index (κ2) is 6.80. The second-order valence-electron chi connectivity index (χ2n) is 4.72. The van der Waals surface area contributed by atoms with Crippen LogP contribution in [-0.4, -0.2) is 11.6 Å². The van der Waals surface area contributed by atoms with Crippen molar-refractivity contribution in [2.75, 3.05) is 17.7 Å². The predicted molar refractivity (Wildman–Crippen MR) is 82.9 cm³/mol. The normalized spacial score (nSPS) is 10.3. The van der Waals surface area contributed by atoms with Crippen molar-refractivity contribution in [1.29, 1.82) is 0 Å². The lowest BCUT2D eigenvalue weighted by Crippen LogP contribution is -2.06. The third kappa shape index (κ3) is 3.41. The Labute approximate surface area is 120 Å². The van der Waals surface area contributed by atoms with Gasteiger partial charge in [0.1, 0.15) is 5.75 Å². The smallest absolute Gasteiger partial charge is 0.144 e. The Morgan fingerprint density at radius 2 is 2.15 bits per heavy atom. The maximum absolute atomic E-state index is 6.13. The minimum atomic E-state index is 0.660. The summed E-state index contributed by atoms with van der Waals surface area (Å²) in [7, 11) is 0. The van der Waals surface area contributed by atoms with E-state index < -0.39 is 0 Å². The number of ether oxygens (including phenoxy) is 1. The SMILES string of the molecule is CCCOc1cccc(NCc2ccncc2C)c1N. The lowest BCUT2D eigenvalue weighted by molar-refractivity contribution is 0.319. The number of para-hydroxylation sites is 1. The van der Waals surface area contributed by atoms with Crippen LogP contribution in [0.15, 0.2) is 36.7 Å². The van der Waals surface area contributed by atoms with Gasteiger partial charge in [-0.15, -0.1) is 0 Å². The van der Waals surface area contributed by atoms with Gasteiger partial charge in [-0.25, -0.2) is 0 Å². The molecule has 4 heteroatoms. The van der Waals surface area contributed by atoms with Crippen molar-refractivity contribution in [3.05, 3.63) is 47.8 Å². The van der Waals surface area contributed by atoms with E-state index in [0.29, 0.717) is 12.3 Å². The van der Waals surface area contributed by atoms with Crippen molar-refractivity contribution in [2.45, 2.75) is 26.8 Å². The number of nitrogens with zero attached hydrogens (tertiary/aromatic N) is 1. The van der Waals surface area contributed by atoms with E-state index in [2.05, 4.69) is 17.2 Å². The van der Waals surface area contributed by atoms with Crippen LogP contribution >= 0.6 is 0 Å². The van der Waals surface area contributed by atoms with Crippen molar-refractivity contribution in [2.24, 2.45) is 0 Å². The monoisotopic (exact) mass is 271 g/mol. The molecule has 0 atom stereocenters. The van der Waals surface area contributed by atoms with Crippen LogP contribution in [0.2, 0.25) is 0 Å². The highest BCUT2D eigenvalue weighted by molar-refractivity contribution is 5.72. The Kier molecular flexibility index (Phi) is 4.82. The van der Waals surface area contributed by atoms with Crippen molar-refractivity contribution in [3.8, 4) is 5.75 Å². The molecule has 0 saturated carbocycles. The van der Waals surface area contributed by atoms with Gasteiger partial charge in [-0.2, -0.15) is 0 Å². The van der Waals surface area contributed by atoms with E-state index in [1.807, 2.05) is 37.4 Å². The third-order valence-corrected chi connectivity index (χ3v) is 3.13. The minimum Gasteiger partial charge on any atom is -0.491 e. The van der Waals surface area contributed by atoms with Crippen molar-refractivity contribution >= 4 is 11.4 Å². The number of nitrogens with two attached hydrogens (primary N) is 1. The zero-order valence-electron chi connectivity index (χ0n) is 12.0. The molecular formula is C16H21N3O. The van der Waals surface area contributed by atoms with Gasteiger partial charge in [0.25, 0.3) is 0 Å². The summed E-state index contributed by atoms with van der Waals surface area (Å²) in [6.45, 7) is 5.52. The molecule has 0 spiro atoms. The van der Waals surface area contributed by atoms with Crippen LogP contribution in [0.5, 0.6) is 5.75 Å². The Morgan fingerprint density at radius 1 is 1.30 bits per heavy atom. The first-order valence-corrected chi connectivity index (χ1v) is 6.87. The second-order valence-corrected chi connectivity index (χ2v) is 4.72. The highest BCUT2D eigenvalue weighted by Gasteiger charge is 2.06. The molecule has 0 unspecified atom stereocenters. The van der Waals surface area contributed by atoms with Crippen LogP contribution < -0.4 is 15.8 Å². The van der Waals surface area contributed by atoms with Gasteiger partial charge >= 0.3 is 0 Å². The van der Waals surface area contributed by atoms with Gasteiger partial charge in [0.15, 0.2) is 0 Å². The lowest BCUT2D eigenvalue weighted by Gasteiger charge is -2.14. The number of nitrogen functional groups attached to an aromatic ring is 1. The Bertz CT molecular complexity index is 569. The third-order valence-electron chi connectivity index (χ3n) is 3.13. The molecule has 2 aromatic rings. The van der Waals surface area contributed by atoms with E-state index in [-0.39, 0.29) is 0 Å². The average Bonchev–Trinajstić information content (AvgIpc) is 2.46. The van der Waals surface area contributed by atoms with Gasteiger partial charge in [0, 0.05) is 18.9 Å². The molecule has 2 rings (SSSR count). The van der Waals surface area contributed by atoms with Gasteiger partial charge in [-0.3, -0.25) is 4.98 Å². The van der Waals surface area contributed by atoms with E-state index in [0.717, 1.165) is 30.0 Å². The van der Waals surface area contributed by atoms with Crippen LogP contribution in [0.25, 0.3) is 0 Å². The summed E-state index contributed by atoms with van der Waals surface area (Å²) in [4.78, 5) is 4.09. The number of nitrogens with one attached hydrogen (secondary N) is 1. The fraction of sp³-hybridized carbons (Fsp3) is 0.312. The van der Waals surface area contributed by atoms with Gasteiger partial charge in [-0.05, 0) is 42.7 Å². The number of benzene rings is 1. The van der Waals surface area contributed by atoms with Crippen LogP contribution in [-0.2, 0) is 6.54 Å². The highest BCUT2D eigenvalue weighted by atomic mass is 16.5. The van der Waals surface area contributed by atoms with Crippen molar-refractivity contribution < 1.29 is 4.74 Å². The van der Waals surface area contributed by atoms with Crippen LogP contribution in [0, 0.1) is 6.92 Å². The van der Waals surface area contributed by atoms with Gasteiger partial charge < -0.3 is 15.8 Å². The molecule has 1 heterocycles. The molecule has 0 saturated heterocycles. The van der Waals surface area contributed by atoms with Crippen molar-refractivity contribution in [3.63, 3.8) is 0 Å². The molecule has 0 bridgehead atoms. The highest BCUT2D eigenvalue weighted by Crippen LogP contribution is 2.29. The van der Waals surface area contributed by atoms with Crippen LogP contribution in [0.3, 0.4) is 0 Å². The first kappa shape index (κ1) is 14.2. The number of rotatable bonds is 6. The fourth-order valence-corrected chi connectivity index (χ4v) is 1.93. The Morgan fingerprint density at radius 3 is 2.90 bits per heavy atom. The first-order chi connectivity index (χ1) is 9.72. The lowest BCUT2D eigenvalue weighted by atomic mass is 10.1. The summed E-state index contributed by atoms with van der Waals surface area (Å²) in [5, 5.41) is 3.35. The summed E-state index contributed by atoms with van der Waals surface area (Å²) in [6.07, 6.45) is 4.63. The molecule has 1 aromatic heterocycles. The molecular weight excluding hydrogens is 250 g/mol. The van der Waals surface area contributed by atoms with Crippen LogP contribution in [0.1, 0.15) is 24.5 Å². The number of aryl methyl sites for hydroxylation is 1. The van der Waals surface area contributed by atoms with Gasteiger partial charge in [-0.1, -0.05) is 13.0 Å². The summed E-state index contributed by atoms with van der Waals surface area (Å²) >= 11 is 0. The van der Waals surface area contributed by atoms with Crippen molar-refractivity contribution in [1.82, 2.24) is 4.98 Å². The van der Waals surface area contributed by atoms with Gasteiger partial charge in [0.05, 0.1) is 18.0 Å². The zero-order valence-corrected chi connectivity index (χ0v) is 12.0. The zero-order chi connectivity index (χ0) is 14.4. The van der Waals surface area contributed by atoms with E-state index in [9.17, 15) is 0 Å². The number of hydrogen-bond acceptors (Lipinski definition) is 4. The molecule has 0 amide bonds. The summed E-state index contributed by atoms with van der Waals surface area (Å²) in [5.41, 5.74) is 10.1. The molecule has 0 radical (unpaired) electrons. The fourth-order valence-electron chi connectivity index (χ4n) is 1.93. The van der Waals surface area contributed by atoms with E-state index in [1.165, 1.54) is 5.56 Å². The summed E-state index contributed by atoms with van der Waals surface area (Å²) in [6, 6.07) is 7.82. The Hall–Kier alpha value is -2.23. The average molecular weight is 271 g/mol. The summed E-state index contributed by atoms with van der Waals surface area (Å²) < 4.78 is 5.63. The standard InChI is InChI=1S/C16H21N3O/c1-3-9-20-15-6-4-5-14(16(15)17)19-11-13-7-8-18-10-12(13)2/h4-8,10,19H,3,9,11,17H2,1-2H3. The number of pyridine rings is 1. The molecule has 4 nitrogen and oxygen atoms in total. The Balaban J connectivity index is 2.08. The topological polar surface area (TPSA) is 60.2 Å². The maximum atomic E-state index is 6.13. The molecule has 3 N–H and O–H groups in total. The van der Waals surface area contributed by atoms with Gasteiger partial charge in [0.2, 0.25) is 0 Å². The molecule has 0 aliphatic heterocycles. The molecule has 0 fully saturated rings. The molecule has 20 heavy (non-hydrogen) atoms. The molecule has 0 aliphatic rings. The van der Waals surface area contributed by atoms with E-state index in [1.54, 1.807) is 6.20 Å². The quantitative estimate of drug-likeness (QED) is 0.791.